The fraction of sp³-hybridized carbons (Fsp3) is 1.00. The molecule has 2 saturated carbocycles. The van der Waals surface area contributed by atoms with Crippen molar-refractivity contribution in [3.63, 3.8) is 0 Å². The number of nitrogens with zero attached hydrogens (tertiary/aromatic N) is 1. The van der Waals surface area contributed by atoms with Gasteiger partial charge in [0.25, 0.3) is 0 Å². The molecule has 4 aliphatic rings. The van der Waals surface area contributed by atoms with Crippen LogP contribution in [0.3, 0.4) is 0 Å². The van der Waals surface area contributed by atoms with E-state index >= 15 is 0 Å². The lowest BCUT2D eigenvalue weighted by molar-refractivity contribution is -0.378. The maximum atomic E-state index is 10.8. The zero-order chi connectivity index (χ0) is 18.7. The van der Waals surface area contributed by atoms with Crippen LogP contribution in [0.2, 0.25) is 0 Å². The van der Waals surface area contributed by atoms with Gasteiger partial charge in [-0.25, -0.2) is 0 Å². The van der Waals surface area contributed by atoms with E-state index < -0.39 is 11.6 Å². The predicted molar refractivity (Wildman–Crippen MR) is 99.3 cm³/mol. The highest BCUT2D eigenvalue weighted by molar-refractivity contribution is 5.24. The molecule has 0 aromatic heterocycles. The third-order valence-corrected chi connectivity index (χ3v) is 7.76. The highest BCUT2D eigenvalue weighted by atomic mass is 16.8. The first-order valence-corrected chi connectivity index (χ1v) is 10.6. The monoisotopic (exact) mass is 367 g/mol. The summed E-state index contributed by atoms with van der Waals surface area (Å²) in [5.74, 6) is 0.500. The lowest BCUT2D eigenvalue weighted by Gasteiger charge is -2.51. The number of rotatable bonds is 5. The van der Waals surface area contributed by atoms with Crippen LogP contribution in [0.5, 0.6) is 0 Å². The number of hydrogen-bond acceptors (Lipinski definition) is 5. The molecule has 2 saturated heterocycles. The fourth-order valence-corrected chi connectivity index (χ4v) is 6.51. The molecule has 0 amide bonds. The van der Waals surface area contributed by atoms with E-state index in [1.54, 1.807) is 6.92 Å². The summed E-state index contributed by atoms with van der Waals surface area (Å²) in [5.41, 5.74) is 0.0913. The van der Waals surface area contributed by atoms with Crippen LogP contribution in [-0.4, -0.2) is 55.1 Å². The molecule has 3 unspecified atom stereocenters. The summed E-state index contributed by atoms with van der Waals surface area (Å²) in [5, 5.41) is 10.8. The molecule has 2 heterocycles. The molecule has 1 spiro atoms. The maximum absolute atomic E-state index is 10.8. The van der Waals surface area contributed by atoms with Crippen molar-refractivity contribution >= 4 is 0 Å². The standard InChI is InChI=1S/C21H37NO4/c1-14-7-8-17-15(2)18(24-12-6-11-22(4)5)25-21-13-20(17,21)16(14)9-10-19(3,23)26-21/h14-18,23H,6-13H2,1-5H3/t14-,15-,16?,17?,18?,19+,20+,21+/m1/s1. The second-order valence-electron chi connectivity index (χ2n) is 9.93. The molecule has 0 radical (unpaired) electrons. The van der Waals surface area contributed by atoms with Gasteiger partial charge in [0.15, 0.2) is 17.9 Å². The summed E-state index contributed by atoms with van der Waals surface area (Å²) in [6.07, 6.45) is 5.94. The van der Waals surface area contributed by atoms with Gasteiger partial charge in [-0.2, -0.15) is 0 Å². The largest absolute Gasteiger partial charge is 0.366 e. The minimum atomic E-state index is -1.10. The summed E-state index contributed by atoms with van der Waals surface area (Å²) < 4.78 is 19.1. The summed E-state index contributed by atoms with van der Waals surface area (Å²) in [7, 11) is 4.17. The molecule has 1 N–H and O–H groups in total. The third-order valence-electron chi connectivity index (χ3n) is 7.76. The Kier molecular flexibility index (Phi) is 4.72. The Labute approximate surface area is 158 Å². The van der Waals surface area contributed by atoms with Crippen molar-refractivity contribution in [2.75, 3.05) is 27.2 Å². The summed E-state index contributed by atoms with van der Waals surface area (Å²) in [6, 6.07) is 0. The number of hydrogen-bond donors (Lipinski definition) is 1. The van der Waals surface area contributed by atoms with Crippen LogP contribution in [0, 0.1) is 29.1 Å². The van der Waals surface area contributed by atoms with Crippen LogP contribution >= 0.6 is 0 Å². The smallest absolute Gasteiger partial charge is 0.181 e. The van der Waals surface area contributed by atoms with Crippen molar-refractivity contribution in [2.24, 2.45) is 29.1 Å². The van der Waals surface area contributed by atoms with Gasteiger partial charge in [-0.05, 0) is 64.6 Å². The molecule has 0 bridgehead atoms. The second-order valence-corrected chi connectivity index (χ2v) is 9.93. The highest BCUT2D eigenvalue weighted by Gasteiger charge is 2.83. The first-order chi connectivity index (χ1) is 12.2. The van der Waals surface area contributed by atoms with Crippen molar-refractivity contribution in [1.82, 2.24) is 4.90 Å². The van der Waals surface area contributed by atoms with E-state index in [0.717, 1.165) is 25.8 Å². The third kappa shape index (κ3) is 2.86. The molecular formula is C21H37NO4. The van der Waals surface area contributed by atoms with E-state index in [4.69, 9.17) is 14.2 Å². The van der Waals surface area contributed by atoms with E-state index in [0.29, 0.717) is 36.7 Å². The average molecular weight is 368 g/mol. The van der Waals surface area contributed by atoms with Gasteiger partial charge in [-0.1, -0.05) is 20.3 Å². The molecule has 0 aromatic rings. The molecule has 0 aromatic carbocycles. The SMILES string of the molecule is C[C@H]1C(OCCCN(C)C)O[C@]23C[C@]24C1CC[C@@H](C)C4CC[C@@](C)(O)O3. The van der Waals surface area contributed by atoms with Gasteiger partial charge in [-0.3, -0.25) is 0 Å². The lowest BCUT2D eigenvalue weighted by atomic mass is 9.58. The zero-order valence-electron chi connectivity index (χ0n) is 17.2. The minimum absolute atomic E-state index is 0.0913. The molecule has 150 valence electrons. The topological polar surface area (TPSA) is 51.2 Å². The van der Waals surface area contributed by atoms with Gasteiger partial charge in [0.1, 0.15) is 0 Å². The maximum Gasteiger partial charge on any atom is 0.181 e. The molecular weight excluding hydrogens is 330 g/mol. The molecule has 5 nitrogen and oxygen atoms in total. The normalized spacial score (nSPS) is 53.0. The number of ether oxygens (including phenoxy) is 3. The molecule has 2 aliphatic carbocycles. The van der Waals surface area contributed by atoms with Crippen molar-refractivity contribution in [1.29, 1.82) is 0 Å². The minimum Gasteiger partial charge on any atom is -0.366 e. The Bertz CT molecular complexity index is 538. The van der Waals surface area contributed by atoms with Crippen LogP contribution in [0.4, 0.5) is 0 Å². The summed E-state index contributed by atoms with van der Waals surface area (Å²) >= 11 is 0. The molecule has 2 aliphatic heterocycles. The van der Waals surface area contributed by atoms with Crippen molar-refractivity contribution < 1.29 is 19.3 Å². The Morgan fingerprint density at radius 1 is 1.15 bits per heavy atom. The quantitative estimate of drug-likeness (QED) is 0.756. The van der Waals surface area contributed by atoms with Crippen molar-refractivity contribution in [3.05, 3.63) is 0 Å². The zero-order valence-corrected chi connectivity index (χ0v) is 17.2. The van der Waals surface area contributed by atoms with E-state index in [1.165, 1.54) is 12.8 Å². The van der Waals surface area contributed by atoms with E-state index in [1.807, 2.05) is 0 Å². The molecule has 8 atom stereocenters. The average Bonchev–Trinajstić information content (AvgIpc) is 3.18. The highest BCUT2D eigenvalue weighted by Crippen LogP contribution is 2.78. The van der Waals surface area contributed by atoms with Gasteiger partial charge in [-0.15, -0.1) is 0 Å². The van der Waals surface area contributed by atoms with E-state index in [9.17, 15) is 5.11 Å². The Balaban J connectivity index is 1.55. The lowest BCUT2D eigenvalue weighted by Crippen LogP contribution is -2.54. The van der Waals surface area contributed by atoms with Gasteiger partial charge >= 0.3 is 0 Å². The molecule has 26 heavy (non-hydrogen) atoms. The molecule has 4 rings (SSSR count). The van der Waals surface area contributed by atoms with Crippen LogP contribution < -0.4 is 0 Å². The van der Waals surface area contributed by atoms with Crippen molar-refractivity contribution in [3.8, 4) is 0 Å². The van der Waals surface area contributed by atoms with Crippen molar-refractivity contribution in [2.45, 2.75) is 77.2 Å². The van der Waals surface area contributed by atoms with Crippen LogP contribution in [-0.2, 0) is 14.2 Å². The van der Waals surface area contributed by atoms with E-state index in [2.05, 4.69) is 32.8 Å². The predicted octanol–water partition coefficient (Wildman–Crippen LogP) is 3.21. The summed E-state index contributed by atoms with van der Waals surface area (Å²) in [4.78, 5) is 2.18. The van der Waals surface area contributed by atoms with E-state index in [-0.39, 0.29) is 11.7 Å². The van der Waals surface area contributed by atoms with Crippen LogP contribution in [0.15, 0.2) is 0 Å². The molecule has 4 fully saturated rings. The van der Waals surface area contributed by atoms with Crippen LogP contribution in [0.25, 0.3) is 0 Å². The van der Waals surface area contributed by atoms with Gasteiger partial charge < -0.3 is 24.2 Å². The van der Waals surface area contributed by atoms with Gasteiger partial charge in [0.05, 0.1) is 6.61 Å². The number of aliphatic hydroxyl groups is 1. The second kappa shape index (κ2) is 6.41. The first-order valence-electron chi connectivity index (χ1n) is 10.6. The Hall–Kier alpha value is -0.200. The van der Waals surface area contributed by atoms with Gasteiger partial charge in [0, 0.05) is 24.2 Å². The molecule has 5 heteroatoms. The first kappa shape index (κ1) is 19.1. The van der Waals surface area contributed by atoms with Crippen LogP contribution in [0.1, 0.15) is 59.3 Å². The Morgan fingerprint density at radius 3 is 2.65 bits per heavy atom. The summed E-state index contributed by atoms with van der Waals surface area (Å²) in [6.45, 7) is 8.21. The van der Waals surface area contributed by atoms with Gasteiger partial charge in [0.2, 0.25) is 0 Å². The fourth-order valence-electron chi connectivity index (χ4n) is 6.51. The Morgan fingerprint density at radius 2 is 1.92 bits per heavy atom.